The summed E-state index contributed by atoms with van der Waals surface area (Å²) >= 11 is 6.11. The molecule has 2 N–H and O–H groups in total. The molecule has 4 aromatic rings. The number of rotatable bonds is 4. The fourth-order valence-corrected chi connectivity index (χ4v) is 4.48. The molecule has 1 fully saturated rings. The van der Waals surface area contributed by atoms with E-state index in [1.807, 2.05) is 6.07 Å². The average Bonchev–Trinajstić information content (AvgIpc) is 3.13. The lowest BCUT2D eigenvalue weighted by Gasteiger charge is -2.22. The van der Waals surface area contributed by atoms with Crippen molar-refractivity contribution >= 4 is 44.0 Å². The predicted octanol–water partition coefficient (Wildman–Crippen LogP) is 3.64. The number of anilines is 1. The molecule has 1 aromatic carbocycles. The fraction of sp³-hybridized carbons (Fsp3) is 0.278. The third-order valence-electron chi connectivity index (χ3n) is 5.11. The summed E-state index contributed by atoms with van der Waals surface area (Å²) in [6, 6.07) is 5.26. The molecule has 28 heavy (non-hydrogen) atoms. The van der Waals surface area contributed by atoms with Crippen LogP contribution in [0.1, 0.15) is 36.7 Å². The molecule has 8 nitrogen and oxygen atoms in total. The van der Waals surface area contributed by atoms with Crippen LogP contribution in [-0.2, 0) is 10.0 Å². The SMILES string of the molecule is Cc1nn2cc(S(=O)(=O)Nc3ccc4nc(C5CCC5)[nH]c4c3)cnc2c1Cl. The van der Waals surface area contributed by atoms with Gasteiger partial charge in [-0.25, -0.2) is 22.9 Å². The first-order valence-corrected chi connectivity index (χ1v) is 10.8. The number of benzene rings is 1. The van der Waals surface area contributed by atoms with Gasteiger partial charge in [0.2, 0.25) is 0 Å². The van der Waals surface area contributed by atoms with Crippen LogP contribution in [0.15, 0.2) is 35.5 Å². The number of nitrogens with one attached hydrogen (secondary N) is 2. The van der Waals surface area contributed by atoms with Crippen LogP contribution in [0.3, 0.4) is 0 Å². The van der Waals surface area contributed by atoms with Crippen LogP contribution in [0.4, 0.5) is 5.69 Å². The lowest BCUT2D eigenvalue weighted by atomic mass is 9.85. The second-order valence-corrected chi connectivity index (χ2v) is 9.10. The Morgan fingerprint density at radius 3 is 2.89 bits per heavy atom. The number of hydrogen-bond donors (Lipinski definition) is 2. The molecule has 0 amide bonds. The van der Waals surface area contributed by atoms with Gasteiger partial charge < -0.3 is 4.98 Å². The zero-order chi connectivity index (χ0) is 19.5. The third kappa shape index (κ3) is 2.82. The van der Waals surface area contributed by atoms with Crippen molar-refractivity contribution in [2.24, 2.45) is 0 Å². The molecule has 0 spiro atoms. The zero-order valence-electron chi connectivity index (χ0n) is 15.0. The van der Waals surface area contributed by atoms with Crippen LogP contribution in [0.25, 0.3) is 16.7 Å². The number of fused-ring (bicyclic) bond motifs is 2. The molecular formula is C18H17ClN6O2S. The Labute approximate surface area is 166 Å². The van der Waals surface area contributed by atoms with Crippen LogP contribution < -0.4 is 4.72 Å². The maximum Gasteiger partial charge on any atom is 0.264 e. The number of imidazole rings is 1. The van der Waals surface area contributed by atoms with E-state index >= 15 is 0 Å². The van der Waals surface area contributed by atoms with Gasteiger partial charge >= 0.3 is 0 Å². The van der Waals surface area contributed by atoms with Gasteiger partial charge in [0.1, 0.15) is 15.7 Å². The number of aromatic amines is 1. The van der Waals surface area contributed by atoms with Gasteiger partial charge in [0.15, 0.2) is 5.65 Å². The Morgan fingerprint density at radius 2 is 2.14 bits per heavy atom. The first kappa shape index (κ1) is 17.4. The summed E-state index contributed by atoms with van der Waals surface area (Å²) in [4.78, 5) is 12.0. The number of halogens is 1. The van der Waals surface area contributed by atoms with Gasteiger partial charge in [-0.05, 0) is 38.0 Å². The van der Waals surface area contributed by atoms with Gasteiger partial charge in [0, 0.05) is 5.92 Å². The number of aromatic nitrogens is 5. The monoisotopic (exact) mass is 416 g/mol. The molecule has 3 heterocycles. The highest BCUT2D eigenvalue weighted by molar-refractivity contribution is 7.92. The van der Waals surface area contributed by atoms with Crippen molar-refractivity contribution in [2.75, 3.05) is 4.72 Å². The quantitative estimate of drug-likeness (QED) is 0.528. The molecule has 0 bridgehead atoms. The smallest absolute Gasteiger partial charge is 0.264 e. The summed E-state index contributed by atoms with van der Waals surface area (Å²) in [5.41, 5.74) is 3.09. The maximum absolute atomic E-state index is 12.8. The van der Waals surface area contributed by atoms with Gasteiger partial charge in [-0.1, -0.05) is 18.0 Å². The van der Waals surface area contributed by atoms with Crippen LogP contribution in [0.2, 0.25) is 5.02 Å². The lowest BCUT2D eigenvalue weighted by molar-refractivity contribution is 0.405. The zero-order valence-corrected chi connectivity index (χ0v) is 16.5. The molecular weight excluding hydrogens is 400 g/mol. The van der Waals surface area contributed by atoms with Crippen LogP contribution >= 0.6 is 11.6 Å². The molecule has 5 rings (SSSR count). The van der Waals surface area contributed by atoms with Crippen molar-refractivity contribution < 1.29 is 8.42 Å². The van der Waals surface area contributed by atoms with E-state index in [9.17, 15) is 8.42 Å². The summed E-state index contributed by atoms with van der Waals surface area (Å²) in [5.74, 6) is 1.46. The molecule has 10 heteroatoms. The van der Waals surface area contributed by atoms with Crippen molar-refractivity contribution in [3.8, 4) is 0 Å². The Hall–Kier alpha value is -2.65. The third-order valence-corrected chi connectivity index (χ3v) is 6.89. The topological polar surface area (TPSA) is 105 Å². The van der Waals surface area contributed by atoms with Crippen molar-refractivity contribution in [1.29, 1.82) is 0 Å². The van der Waals surface area contributed by atoms with Crippen molar-refractivity contribution in [1.82, 2.24) is 24.6 Å². The van der Waals surface area contributed by atoms with E-state index in [0.717, 1.165) is 29.7 Å². The van der Waals surface area contributed by atoms with Gasteiger partial charge in [-0.2, -0.15) is 5.10 Å². The maximum atomic E-state index is 12.8. The molecule has 1 saturated carbocycles. The highest BCUT2D eigenvalue weighted by Gasteiger charge is 2.23. The summed E-state index contributed by atoms with van der Waals surface area (Å²) in [7, 11) is -3.83. The molecule has 3 aromatic heterocycles. The van der Waals surface area contributed by atoms with Crippen LogP contribution in [0.5, 0.6) is 0 Å². The number of sulfonamides is 1. The fourth-order valence-electron chi connectivity index (χ4n) is 3.32. The number of aryl methyl sites for hydroxylation is 1. The van der Waals surface area contributed by atoms with Crippen molar-refractivity contribution in [3.05, 3.63) is 47.1 Å². The van der Waals surface area contributed by atoms with E-state index in [1.165, 1.54) is 23.3 Å². The molecule has 144 valence electrons. The van der Waals surface area contributed by atoms with E-state index in [1.54, 1.807) is 19.1 Å². The predicted molar refractivity (Wildman–Crippen MR) is 106 cm³/mol. The molecule has 0 radical (unpaired) electrons. The first-order valence-electron chi connectivity index (χ1n) is 8.94. The minimum atomic E-state index is -3.83. The Kier molecular flexibility index (Phi) is 3.85. The molecule has 0 saturated heterocycles. The van der Waals surface area contributed by atoms with Crippen LogP contribution in [0, 0.1) is 6.92 Å². The summed E-state index contributed by atoms with van der Waals surface area (Å²) in [6.45, 7) is 1.74. The number of H-pyrrole nitrogens is 1. The largest absolute Gasteiger partial charge is 0.342 e. The van der Waals surface area contributed by atoms with Gasteiger partial charge in [-0.15, -0.1) is 0 Å². The molecule has 0 aliphatic heterocycles. The minimum absolute atomic E-state index is 0.000897. The summed E-state index contributed by atoms with van der Waals surface area (Å²) in [6.07, 6.45) is 6.19. The highest BCUT2D eigenvalue weighted by atomic mass is 35.5. The van der Waals surface area contributed by atoms with E-state index in [4.69, 9.17) is 11.6 Å². The second kappa shape index (κ2) is 6.18. The normalized spacial score (nSPS) is 15.2. The van der Waals surface area contributed by atoms with E-state index in [-0.39, 0.29) is 4.90 Å². The van der Waals surface area contributed by atoms with Crippen LogP contribution in [-0.4, -0.2) is 33.0 Å². The Morgan fingerprint density at radius 1 is 1.32 bits per heavy atom. The molecule has 0 atom stereocenters. The minimum Gasteiger partial charge on any atom is -0.342 e. The number of hydrogen-bond acceptors (Lipinski definition) is 5. The van der Waals surface area contributed by atoms with Crippen molar-refractivity contribution in [2.45, 2.75) is 37.0 Å². The summed E-state index contributed by atoms with van der Waals surface area (Å²) < 4.78 is 29.5. The first-order chi connectivity index (χ1) is 13.4. The summed E-state index contributed by atoms with van der Waals surface area (Å²) in [5, 5.41) is 4.59. The highest BCUT2D eigenvalue weighted by Crippen LogP contribution is 2.35. The van der Waals surface area contributed by atoms with Gasteiger partial charge in [0.05, 0.1) is 34.8 Å². The van der Waals surface area contributed by atoms with Gasteiger partial charge in [-0.3, -0.25) is 4.72 Å². The van der Waals surface area contributed by atoms with E-state index in [2.05, 4.69) is 24.8 Å². The Balaban J connectivity index is 1.47. The average molecular weight is 417 g/mol. The second-order valence-electron chi connectivity index (χ2n) is 7.04. The van der Waals surface area contributed by atoms with Gasteiger partial charge in [0.25, 0.3) is 10.0 Å². The van der Waals surface area contributed by atoms with Crippen molar-refractivity contribution in [3.63, 3.8) is 0 Å². The van der Waals surface area contributed by atoms with E-state index < -0.39 is 10.0 Å². The molecule has 1 aliphatic carbocycles. The molecule has 1 aliphatic rings. The standard InChI is InChI=1S/C18H17ClN6O2S/c1-10-16(19)18-20-8-13(9-25(18)23-10)28(26,27)24-12-5-6-14-15(7-12)22-17(21-14)11-3-2-4-11/h5-9,11,24H,2-4H2,1H3,(H,21,22). The Bertz CT molecular complexity index is 1320. The lowest BCUT2D eigenvalue weighted by Crippen LogP contribution is -2.14. The number of nitrogens with zero attached hydrogens (tertiary/aromatic N) is 4. The van der Waals surface area contributed by atoms with E-state index in [0.29, 0.717) is 28.0 Å². The molecule has 0 unspecified atom stereocenters.